The van der Waals surface area contributed by atoms with E-state index in [1.165, 1.54) is 83.6 Å². The zero-order chi connectivity index (χ0) is 57.8. The molecule has 0 spiro atoms. The fraction of sp³-hybridized carbons (Fsp3) is 0.667. The fourth-order valence-electron chi connectivity index (χ4n) is 10.4. The fourth-order valence-corrected chi connectivity index (χ4v) is 11.3. The zero-order valence-electron chi connectivity index (χ0n) is 49.6. The topological polar surface area (TPSA) is 197 Å². The first-order valence-electron chi connectivity index (χ1n) is 29.5. The number of phosphoric ester groups is 1. The van der Waals surface area contributed by atoms with E-state index in [0.29, 0.717) is 64.7 Å². The number of ether oxygens (including phenoxy) is 1. The van der Waals surface area contributed by atoms with Gasteiger partial charge in [0.05, 0.1) is 39.0 Å². The van der Waals surface area contributed by atoms with Crippen molar-refractivity contribution in [3.8, 4) is 0 Å². The number of aliphatic hydroxyl groups excluding tert-OH is 1. The number of benzene rings is 1. The highest BCUT2D eigenvalue weighted by molar-refractivity contribution is 7.45. The Morgan fingerprint density at radius 1 is 0.846 bits per heavy atom. The third kappa shape index (κ3) is 26.3. The lowest BCUT2D eigenvalue weighted by atomic mass is 9.80. The summed E-state index contributed by atoms with van der Waals surface area (Å²) in [6.07, 6.45) is 27.2. The Morgan fingerprint density at radius 2 is 1.44 bits per heavy atom. The van der Waals surface area contributed by atoms with Gasteiger partial charge in [-0.3, -0.25) is 28.5 Å². The van der Waals surface area contributed by atoms with E-state index in [0.717, 1.165) is 31.3 Å². The summed E-state index contributed by atoms with van der Waals surface area (Å²) in [5.74, 6) is -2.90. The van der Waals surface area contributed by atoms with Crippen molar-refractivity contribution in [1.29, 1.82) is 0 Å². The minimum atomic E-state index is -4.63. The van der Waals surface area contributed by atoms with Crippen LogP contribution in [0.2, 0.25) is 0 Å². The standard InChI is InChI=1S/C63H100N3O11P/c1-12-13-14-15-16-17-18-19-20-21-22-23-24-25-26-33-58(77-78(73,74)75-40-39-66(9,10)11)52-35-37-53(38-36-52)64-59(69)34-28-27-32-54-55-42-45(2)41-48(5)60(70)49(6)43-50(7)62(76-51(8)67)46(3)30-29-31-47(4)63(72)65-56(61(55)71)44-57(54)68/h29-31,35-38,43-46,48-49,58,60,62,70H,12-28,32-34,39-42H2,1-11H3,(H2-,64,65,68,69,72,73,74)/b30-29-,47-31+,50-43+/t45-,46-,48-,49-,58?,60-,62+/m0/s1. The number of anilines is 1. The van der Waals surface area contributed by atoms with Gasteiger partial charge in [-0.1, -0.05) is 167 Å². The van der Waals surface area contributed by atoms with Gasteiger partial charge in [-0.25, -0.2) is 0 Å². The summed E-state index contributed by atoms with van der Waals surface area (Å²) in [5, 5.41) is 17.1. The highest BCUT2D eigenvalue weighted by Gasteiger charge is 2.32. The molecule has 3 rings (SSSR count). The Bertz CT molecular complexity index is 2280. The number of phosphoric acid groups is 1. The second-order valence-corrected chi connectivity index (χ2v) is 24.9. The summed E-state index contributed by atoms with van der Waals surface area (Å²) in [5.41, 5.74) is 2.88. The number of ketones is 2. The van der Waals surface area contributed by atoms with Crippen LogP contribution in [0.25, 0.3) is 0 Å². The van der Waals surface area contributed by atoms with Crippen molar-refractivity contribution in [2.75, 3.05) is 39.6 Å². The molecule has 1 aromatic carbocycles. The molecule has 3 N–H and O–H groups in total. The van der Waals surface area contributed by atoms with Crippen LogP contribution in [-0.4, -0.2) is 85.4 Å². The van der Waals surface area contributed by atoms with Crippen LogP contribution < -0.4 is 15.5 Å². The lowest BCUT2D eigenvalue weighted by Gasteiger charge is -2.30. The number of amides is 2. The molecule has 78 heavy (non-hydrogen) atoms. The van der Waals surface area contributed by atoms with Crippen LogP contribution in [0.4, 0.5) is 5.69 Å². The van der Waals surface area contributed by atoms with Crippen LogP contribution in [0, 0.1) is 23.7 Å². The second-order valence-electron chi connectivity index (χ2n) is 23.6. The Morgan fingerprint density at radius 3 is 2.01 bits per heavy atom. The molecule has 1 aliphatic heterocycles. The zero-order valence-corrected chi connectivity index (χ0v) is 50.5. The highest BCUT2D eigenvalue weighted by atomic mass is 31.2. The molecule has 0 aromatic heterocycles. The SMILES string of the molecule is CCCCCCCCCCCCCCCCCC(OP(=O)([O-])OCC[N+](C)(C)C)c1ccc(NC(=O)CCCCC2=C3C[C@@H](C)C[C@H](C)[C@H](O)[C@@H](C)/C=C(\C)[C@H](OC(C)=O)[C@@H](C)/C=C\C=C(/C)C(=O)NC(=CC2=O)C3=O)cc1. The maximum Gasteiger partial charge on any atom is 0.303 e. The molecule has 0 saturated carbocycles. The second kappa shape index (κ2) is 35.4. The Hall–Kier alpha value is -4.30. The number of carbonyl (C=O) groups excluding carboxylic acids is 5. The number of quaternary nitrogens is 1. The van der Waals surface area contributed by atoms with Crippen molar-refractivity contribution in [2.24, 2.45) is 23.7 Å². The number of hydrogen-bond acceptors (Lipinski definition) is 11. The molecule has 1 aliphatic carbocycles. The maximum atomic E-state index is 14.2. The number of likely N-dealkylation sites (N-methyl/N-ethyl adjacent to an activating group) is 1. The molecule has 0 fully saturated rings. The number of carbonyl (C=O) groups is 5. The average Bonchev–Trinajstić information content (AvgIpc) is 3.39. The van der Waals surface area contributed by atoms with Gasteiger partial charge in [-0.05, 0) is 87.5 Å². The molecule has 1 heterocycles. The van der Waals surface area contributed by atoms with Gasteiger partial charge in [0, 0.05) is 53.7 Å². The highest BCUT2D eigenvalue weighted by Crippen LogP contribution is 2.46. The van der Waals surface area contributed by atoms with Gasteiger partial charge in [-0.2, -0.15) is 0 Å². The predicted molar refractivity (Wildman–Crippen MR) is 311 cm³/mol. The van der Waals surface area contributed by atoms with Gasteiger partial charge in [0.1, 0.15) is 19.3 Å². The van der Waals surface area contributed by atoms with Crippen LogP contribution in [-0.2, 0) is 42.3 Å². The number of aliphatic hydroxyl groups is 1. The van der Waals surface area contributed by atoms with Crippen molar-refractivity contribution in [2.45, 2.75) is 215 Å². The lowest BCUT2D eigenvalue weighted by Crippen LogP contribution is -2.37. The number of allylic oxidation sites excluding steroid dienone is 5. The molecule has 2 aliphatic rings. The molecule has 8 atom stereocenters. The van der Waals surface area contributed by atoms with E-state index in [4.69, 9.17) is 13.8 Å². The average molecular weight is 1110 g/mol. The summed E-state index contributed by atoms with van der Waals surface area (Å²) in [7, 11) is 1.26. The van der Waals surface area contributed by atoms with E-state index in [-0.39, 0.29) is 66.9 Å². The van der Waals surface area contributed by atoms with E-state index in [1.807, 2.05) is 67.9 Å². The molecule has 2 amide bonds. The number of hydrogen-bond donors (Lipinski definition) is 3. The first-order valence-corrected chi connectivity index (χ1v) is 30.9. The molecule has 0 radical (unpaired) electrons. The van der Waals surface area contributed by atoms with E-state index in [9.17, 15) is 38.5 Å². The number of nitrogens with one attached hydrogen (secondary N) is 2. The number of esters is 1. The summed E-state index contributed by atoms with van der Waals surface area (Å²) in [6, 6.07) is 7.03. The van der Waals surface area contributed by atoms with Gasteiger partial charge in [0.2, 0.25) is 11.7 Å². The first-order chi connectivity index (χ1) is 36.9. The maximum absolute atomic E-state index is 14.2. The van der Waals surface area contributed by atoms with Crippen molar-refractivity contribution < 1.29 is 56.8 Å². The molecule has 2 bridgehead atoms. The minimum Gasteiger partial charge on any atom is -0.756 e. The van der Waals surface area contributed by atoms with Crippen molar-refractivity contribution in [3.05, 3.63) is 88.2 Å². The van der Waals surface area contributed by atoms with Crippen LogP contribution >= 0.6 is 7.82 Å². The van der Waals surface area contributed by atoms with Crippen molar-refractivity contribution in [3.63, 3.8) is 0 Å². The van der Waals surface area contributed by atoms with Crippen LogP contribution in [0.15, 0.2) is 82.6 Å². The summed E-state index contributed by atoms with van der Waals surface area (Å²) >= 11 is 0. The minimum absolute atomic E-state index is 0.00726. The first kappa shape index (κ1) is 68.0. The summed E-state index contributed by atoms with van der Waals surface area (Å²) in [6.45, 7) is 15.3. The summed E-state index contributed by atoms with van der Waals surface area (Å²) < 4.78 is 30.4. The Balaban J connectivity index is 1.66. The number of nitrogens with zero attached hydrogens (tertiary/aromatic N) is 1. The molecular formula is C63H100N3O11P. The van der Waals surface area contributed by atoms with E-state index >= 15 is 0 Å². The predicted octanol–water partition coefficient (Wildman–Crippen LogP) is 13.2. The molecule has 2 unspecified atom stereocenters. The molecular weight excluding hydrogens is 1010 g/mol. The van der Waals surface area contributed by atoms with Crippen LogP contribution in [0.5, 0.6) is 0 Å². The van der Waals surface area contributed by atoms with Gasteiger partial charge in [-0.15, -0.1) is 0 Å². The Labute approximate surface area is 469 Å². The van der Waals surface area contributed by atoms with Gasteiger partial charge in [0.25, 0.3) is 13.7 Å². The number of Topliss-reactive ketones (excluding diaryl/α,β-unsaturated/α-hetero) is 1. The third-order valence-corrected chi connectivity index (χ3v) is 16.0. The number of unbranched alkanes of at least 4 members (excludes halogenated alkanes) is 15. The molecule has 14 nitrogen and oxygen atoms in total. The largest absolute Gasteiger partial charge is 0.756 e. The normalized spacial score (nSPS) is 24.0. The third-order valence-electron chi connectivity index (χ3n) is 15.0. The van der Waals surface area contributed by atoms with Crippen LogP contribution in [0.3, 0.4) is 0 Å². The number of rotatable bonds is 30. The van der Waals surface area contributed by atoms with Crippen molar-refractivity contribution in [1.82, 2.24) is 5.32 Å². The molecule has 15 heteroatoms. The van der Waals surface area contributed by atoms with Crippen molar-refractivity contribution >= 4 is 42.9 Å². The van der Waals surface area contributed by atoms with E-state index < -0.39 is 43.8 Å². The van der Waals surface area contributed by atoms with E-state index in [2.05, 4.69) is 17.6 Å². The monoisotopic (exact) mass is 1110 g/mol. The summed E-state index contributed by atoms with van der Waals surface area (Å²) in [4.78, 5) is 79.9. The van der Waals surface area contributed by atoms with Gasteiger partial charge >= 0.3 is 5.97 Å². The van der Waals surface area contributed by atoms with Crippen LogP contribution in [0.1, 0.15) is 208 Å². The molecule has 438 valence electrons. The molecule has 1 aromatic rings. The van der Waals surface area contributed by atoms with Gasteiger partial charge in [0.15, 0.2) is 5.78 Å². The van der Waals surface area contributed by atoms with Gasteiger partial charge < -0.3 is 38.9 Å². The lowest BCUT2D eigenvalue weighted by molar-refractivity contribution is -0.870. The quantitative estimate of drug-likeness (QED) is 0.0165. The number of fused-ring (bicyclic) bond motifs is 2. The van der Waals surface area contributed by atoms with E-state index in [1.54, 1.807) is 43.3 Å². The Kier molecular flexibility index (Phi) is 30.9. The smallest absolute Gasteiger partial charge is 0.303 e. The molecule has 0 saturated heterocycles.